The van der Waals surface area contributed by atoms with Crippen LogP contribution in [0.15, 0.2) is 0 Å². The van der Waals surface area contributed by atoms with Gasteiger partial charge in [0.05, 0.1) is 12.9 Å². The summed E-state index contributed by atoms with van der Waals surface area (Å²) in [6.45, 7) is 0.332. The second kappa shape index (κ2) is 14.4. The Morgan fingerprint density at radius 2 is 1.14 bits per heavy atom. The average molecular weight is 317 g/mol. The summed E-state index contributed by atoms with van der Waals surface area (Å²) in [7, 11) is -3.25. The van der Waals surface area contributed by atoms with Crippen LogP contribution in [0.1, 0.15) is 83.5 Å². The molecule has 0 N–H and O–H groups in total. The fourth-order valence-electron chi connectivity index (χ4n) is 2.31. The van der Waals surface area contributed by atoms with Gasteiger partial charge in [-0.2, -0.15) is 8.42 Å². The van der Waals surface area contributed by atoms with E-state index < -0.39 is 10.1 Å². The normalized spacial score (nSPS) is 11.4. The number of unbranched alkanes of at least 4 members (excludes halogenated alkanes) is 12. The molecule has 0 saturated heterocycles. The molecule has 0 aromatic carbocycles. The van der Waals surface area contributed by atoms with Gasteiger partial charge in [0, 0.05) is 6.42 Å². The molecule has 4 heteroatoms. The van der Waals surface area contributed by atoms with Crippen molar-refractivity contribution in [3.05, 3.63) is 0 Å². The van der Waals surface area contributed by atoms with Crippen molar-refractivity contribution < 1.29 is 12.6 Å². The van der Waals surface area contributed by atoms with E-state index >= 15 is 0 Å². The van der Waals surface area contributed by atoms with Crippen LogP contribution in [0, 0.1) is 12.3 Å². The van der Waals surface area contributed by atoms with E-state index in [0.717, 1.165) is 25.5 Å². The largest absolute Gasteiger partial charge is 0.270 e. The van der Waals surface area contributed by atoms with Gasteiger partial charge in [-0.05, 0) is 12.8 Å². The highest BCUT2D eigenvalue weighted by molar-refractivity contribution is 7.85. The molecule has 0 rings (SSSR count). The van der Waals surface area contributed by atoms with E-state index in [4.69, 9.17) is 10.6 Å². The molecule has 0 atom stereocenters. The Kier molecular flexibility index (Phi) is 14.0. The molecule has 124 valence electrons. The van der Waals surface area contributed by atoms with Crippen LogP contribution >= 0.6 is 0 Å². The minimum absolute atomic E-state index is 0.332. The quantitative estimate of drug-likeness (QED) is 0.250. The second-order valence-electron chi connectivity index (χ2n) is 5.72. The summed E-state index contributed by atoms with van der Waals surface area (Å²) in [6.07, 6.45) is 22.0. The molecule has 21 heavy (non-hydrogen) atoms. The van der Waals surface area contributed by atoms with E-state index in [1.165, 1.54) is 64.2 Å². The smallest absolute Gasteiger partial charge is 0.264 e. The SMILES string of the molecule is C#CCCCCCCCCCCCCCCOS(C)(=O)=O. The molecule has 0 spiro atoms. The van der Waals surface area contributed by atoms with Gasteiger partial charge in [-0.15, -0.1) is 12.3 Å². The highest BCUT2D eigenvalue weighted by Gasteiger charge is 2.00. The number of terminal acetylenes is 1. The van der Waals surface area contributed by atoms with E-state index in [-0.39, 0.29) is 0 Å². The van der Waals surface area contributed by atoms with Gasteiger partial charge >= 0.3 is 0 Å². The third kappa shape index (κ3) is 19.5. The Morgan fingerprint density at radius 1 is 0.762 bits per heavy atom. The van der Waals surface area contributed by atoms with Crippen molar-refractivity contribution in [2.24, 2.45) is 0 Å². The van der Waals surface area contributed by atoms with Crippen molar-refractivity contribution >= 4 is 10.1 Å². The molecule has 3 nitrogen and oxygen atoms in total. The fraction of sp³-hybridized carbons (Fsp3) is 0.882. The van der Waals surface area contributed by atoms with Gasteiger partial charge in [-0.25, -0.2) is 0 Å². The van der Waals surface area contributed by atoms with Crippen molar-refractivity contribution in [2.75, 3.05) is 12.9 Å². The number of hydrogen-bond donors (Lipinski definition) is 0. The zero-order chi connectivity index (χ0) is 15.8. The monoisotopic (exact) mass is 316 g/mol. The molecular formula is C17H32O3S. The summed E-state index contributed by atoms with van der Waals surface area (Å²) in [6, 6.07) is 0. The lowest BCUT2D eigenvalue weighted by atomic mass is 10.0. The Morgan fingerprint density at radius 3 is 1.52 bits per heavy atom. The molecule has 0 fully saturated rings. The van der Waals surface area contributed by atoms with Crippen LogP contribution in [0.3, 0.4) is 0 Å². The Balaban J connectivity index is 3.05. The van der Waals surface area contributed by atoms with Gasteiger partial charge < -0.3 is 0 Å². The second-order valence-corrected chi connectivity index (χ2v) is 7.37. The standard InChI is InChI=1S/C17H32O3S/c1-3-4-5-6-7-8-9-10-11-12-13-14-15-16-17-20-21(2,18)19/h1H,4-17H2,2H3. The van der Waals surface area contributed by atoms with Crippen LogP contribution in [-0.2, 0) is 14.3 Å². The molecule has 0 aliphatic rings. The predicted octanol–water partition coefficient (Wildman–Crippen LogP) is 4.67. The van der Waals surface area contributed by atoms with Crippen LogP contribution < -0.4 is 0 Å². The highest BCUT2D eigenvalue weighted by Crippen LogP contribution is 2.12. The summed E-state index contributed by atoms with van der Waals surface area (Å²) in [5.41, 5.74) is 0. The first-order valence-electron chi connectivity index (χ1n) is 8.34. The molecule has 0 aromatic heterocycles. The summed E-state index contributed by atoms with van der Waals surface area (Å²) >= 11 is 0. The lowest BCUT2D eigenvalue weighted by molar-refractivity contribution is 0.309. The topological polar surface area (TPSA) is 43.4 Å². The van der Waals surface area contributed by atoms with E-state index in [0.29, 0.717) is 6.61 Å². The maximum atomic E-state index is 10.7. The Bertz CT molecular complexity index is 355. The molecule has 0 saturated carbocycles. The van der Waals surface area contributed by atoms with E-state index in [1.54, 1.807) is 0 Å². The van der Waals surface area contributed by atoms with Gasteiger partial charge in [-0.1, -0.05) is 64.2 Å². The maximum Gasteiger partial charge on any atom is 0.264 e. The van der Waals surface area contributed by atoms with Crippen molar-refractivity contribution in [1.82, 2.24) is 0 Å². The zero-order valence-electron chi connectivity index (χ0n) is 13.6. The predicted molar refractivity (Wildman–Crippen MR) is 89.6 cm³/mol. The fourth-order valence-corrected chi connectivity index (χ4v) is 2.73. The minimum Gasteiger partial charge on any atom is -0.270 e. The van der Waals surface area contributed by atoms with Crippen LogP contribution in [-0.4, -0.2) is 21.3 Å². The average Bonchev–Trinajstić information content (AvgIpc) is 2.42. The first-order valence-corrected chi connectivity index (χ1v) is 10.2. The van der Waals surface area contributed by atoms with Crippen molar-refractivity contribution in [3.8, 4) is 12.3 Å². The van der Waals surface area contributed by atoms with Crippen molar-refractivity contribution in [1.29, 1.82) is 0 Å². The summed E-state index contributed by atoms with van der Waals surface area (Å²) < 4.78 is 26.2. The molecular weight excluding hydrogens is 284 g/mol. The molecule has 0 heterocycles. The molecule has 0 amide bonds. The number of hydrogen-bond acceptors (Lipinski definition) is 3. The van der Waals surface area contributed by atoms with Crippen molar-refractivity contribution in [3.63, 3.8) is 0 Å². The Hall–Kier alpha value is -0.530. The molecule has 0 bridgehead atoms. The number of rotatable bonds is 15. The third-order valence-electron chi connectivity index (χ3n) is 3.51. The van der Waals surface area contributed by atoms with E-state index in [9.17, 15) is 8.42 Å². The van der Waals surface area contributed by atoms with Crippen LogP contribution in [0.5, 0.6) is 0 Å². The summed E-state index contributed by atoms with van der Waals surface area (Å²) in [5, 5.41) is 0. The van der Waals surface area contributed by atoms with Crippen LogP contribution in [0.2, 0.25) is 0 Å². The van der Waals surface area contributed by atoms with Crippen LogP contribution in [0.4, 0.5) is 0 Å². The minimum atomic E-state index is -3.25. The lowest BCUT2D eigenvalue weighted by Crippen LogP contribution is -2.03. The van der Waals surface area contributed by atoms with Crippen LogP contribution in [0.25, 0.3) is 0 Å². The molecule has 0 aliphatic heterocycles. The van der Waals surface area contributed by atoms with Gasteiger partial charge in [0.2, 0.25) is 0 Å². The summed E-state index contributed by atoms with van der Waals surface area (Å²) in [5.74, 6) is 2.68. The van der Waals surface area contributed by atoms with Gasteiger partial charge in [0.15, 0.2) is 0 Å². The van der Waals surface area contributed by atoms with Gasteiger partial charge in [0.1, 0.15) is 0 Å². The molecule has 0 aliphatic carbocycles. The van der Waals surface area contributed by atoms with Crippen molar-refractivity contribution in [2.45, 2.75) is 83.5 Å². The van der Waals surface area contributed by atoms with E-state index in [2.05, 4.69) is 5.92 Å². The van der Waals surface area contributed by atoms with Gasteiger partial charge in [-0.3, -0.25) is 4.18 Å². The third-order valence-corrected chi connectivity index (χ3v) is 4.11. The maximum absolute atomic E-state index is 10.7. The lowest BCUT2D eigenvalue weighted by Gasteiger charge is -2.03. The Labute approximate surface area is 132 Å². The first-order chi connectivity index (χ1) is 10.1. The van der Waals surface area contributed by atoms with Gasteiger partial charge in [0.25, 0.3) is 10.1 Å². The first kappa shape index (κ1) is 20.5. The molecule has 0 radical (unpaired) electrons. The van der Waals surface area contributed by atoms with E-state index in [1.807, 2.05) is 0 Å². The highest BCUT2D eigenvalue weighted by atomic mass is 32.2. The summed E-state index contributed by atoms with van der Waals surface area (Å²) in [4.78, 5) is 0. The molecule has 0 aromatic rings. The molecule has 0 unspecified atom stereocenters. The zero-order valence-corrected chi connectivity index (χ0v) is 14.4.